The van der Waals surface area contributed by atoms with Crippen LogP contribution in [0, 0.1) is 17.6 Å². The van der Waals surface area contributed by atoms with E-state index in [0.29, 0.717) is 18.9 Å². The zero-order chi connectivity index (χ0) is 17.3. The Morgan fingerprint density at radius 1 is 1.08 bits per heavy atom. The van der Waals surface area contributed by atoms with Gasteiger partial charge in [-0.15, -0.1) is 0 Å². The Morgan fingerprint density at radius 3 is 2.42 bits per heavy atom. The summed E-state index contributed by atoms with van der Waals surface area (Å²) in [6.07, 6.45) is 2.30. The molecular weight excluding hydrogens is 308 g/mol. The molecule has 2 atom stereocenters. The van der Waals surface area contributed by atoms with Gasteiger partial charge in [0.25, 0.3) is 0 Å². The van der Waals surface area contributed by atoms with Crippen molar-refractivity contribution in [3.63, 3.8) is 0 Å². The number of fused-ring (bicyclic) bond motifs is 2. The van der Waals surface area contributed by atoms with Gasteiger partial charge in [-0.25, -0.2) is 8.78 Å². The lowest BCUT2D eigenvalue weighted by Gasteiger charge is -2.23. The third kappa shape index (κ3) is 3.16. The van der Waals surface area contributed by atoms with Crippen LogP contribution in [0.25, 0.3) is 0 Å². The van der Waals surface area contributed by atoms with E-state index in [4.69, 9.17) is 10.5 Å². The molecule has 24 heavy (non-hydrogen) atoms. The second-order valence-electron chi connectivity index (χ2n) is 6.66. The van der Waals surface area contributed by atoms with Gasteiger partial charge in [-0.3, -0.25) is 0 Å². The van der Waals surface area contributed by atoms with Crippen LogP contribution < -0.4 is 10.5 Å². The lowest BCUT2D eigenvalue weighted by Crippen LogP contribution is -2.16. The van der Waals surface area contributed by atoms with E-state index >= 15 is 0 Å². The molecule has 2 N–H and O–H groups in total. The van der Waals surface area contributed by atoms with Gasteiger partial charge in [0.15, 0.2) is 11.6 Å². The van der Waals surface area contributed by atoms with Gasteiger partial charge in [-0.1, -0.05) is 13.0 Å². The van der Waals surface area contributed by atoms with E-state index in [1.165, 1.54) is 23.3 Å². The van der Waals surface area contributed by atoms with E-state index in [1.807, 2.05) is 12.1 Å². The third-order valence-electron chi connectivity index (χ3n) is 4.99. The molecule has 2 nitrogen and oxygen atoms in total. The summed E-state index contributed by atoms with van der Waals surface area (Å²) >= 11 is 0. The van der Waals surface area contributed by atoms with E-state index in [-0.39, 0.29) is 5.92 Å². The van der Waals surface area contributed by atoms with Crippen LogP contribution in [0.5, 0.6) is 5.75 Å². The highest BCUT2D eigenvalue weighted by molar-refractivity contribution is 5.47. The average Bonchev–Trinajstić information content (AvgIpc) is 2.72. The van der Waals surface area contributed by atoms with Gasteiger partial charge in [0, 0.05) is 5.92 Å². The average molecular weight is 331 g/mol. The first-order valence-electron chi connectivity index (χ1n) is 8.38. The number of aryl methyl sites for hydroxylation is 2. The summed E-state index contributed by atoms with van der Waals surface area (Å²) in [5, 5.41) is 0. The van der Waals surface area contributed by atoms with E-state index in [2.05, 4.69) is 13.0 Å². The minimum absolute atomic E-state index is 0.0251. The van der Waals surface area contributed by atoms with E-state index in [9.17, 15) is 8.78 Å². The van der Waals surface area contributed by atoms with Crippen molar-refractivity contribution in [2.24, 2.45) is 11.7 Å². The standard InChI is InChI=1S/C20H23F2NO/c1-12(11-23)7-18-16-6-5-15(24-2)8-13(16)3-4-14-9-19(21)20(22)10-17(14)18/h5-6,8-10,12,18H,3-4,7,11,23H2,1-2H3. The number of rotatable bonds is 4. The summed E-state index contributed by atoms with van der Waals surface area (Å²) < 4.78 is 33.0. The van der Waals surface area contributed by atoms with Gasteiger partial charge >= 0.3 is 0 Å². The van der Waals surface area contributed by atoms with Crippen molar-refractivity contribution in [2.45, 2.75) is 32.1 Å². The molecule has 4 heteroatoms. The lowest BCUT2D eigenvalue weighted by molar-refractivity contribution is 0.413. The molecule has 3 rings (SSSR count). The molecule has 0 bridgehead atoms. The molecule has 1 aliphatic carbocycles. The molecule has 2 aromatic rings. The minimum Gasteiger partial charge on any atom is -0.497 e. The van der Waals surface area contributed by atoms with Gasteiger partial charge < -0.3 is 10.5 Å². The molecule has 0 aliphatic heterocycles. The quantitative estimate of drug-likeness (QED) is 0.912. The third-order valence-corrected chi connectivity index (χ3v) is 4.99. The van der Waals surface area contributed by atoms with Crippen molar-refractivity contribution in [1.82, 2.24) is 0 Å². The number of hydrogen-bond donors (Lipinski definition) is 1. The second kappa shape index (κ2) is 6.89. The van der Waals surface area contributed by atoms with Crippen LogP contribution in [0.1, 0.15) is 41.5 Å². The molecule has 2 unspecified atom stereocenters. The maximum Gasteiger partial charge on any atom is 0.159 e. The van der Waals surface area contributed by atoms with Crippen LogP contribution in [-0.2, 0) is 12.8 Å². The Labute approximate surface area is 141 Å². The van der Waals surface area contributed by atoms with Gasteiger partial charge in [0.1, 0.15) is 5.75 Å². The van der Waals surface area contributed by atoms with Crippen LogP contribution in [0.4, 0.5) is 8.78 Å². The van der Waals surface area contributed by atoms with E-state index < -0.39 is 11.6 Å². The van der Waals surface area contributed by atoms with Crippen LogP contribution in [0.15, 0.2) is 30.3 Å². The number of ether oxygens (including phenoxy) is 1. The van der Waals surface area contributed by atoms with E-state index in [0.717, 1.165) is 29.7 Å². The number of methoxy groups -OCH3 is 1. The first kappa shape index (κ1) is 16.9. The van der Waals surface area contributed by atoms with Gasteiger partial charge in [0.2, 0.25) is 0 Å². The Hall–Kier alpha value is -1.94. The highest BCUT2D eigenvalue weighted by atomic mass is 19.2. The Kier molecular flexibility index (Phi) is 4.86. The van der Waals surface area contributed by atoms with Crippen LogP contribution in [0.3, 0.4) is 0 Å². The molecule has 0 amide bonds. The SMILES string of the molecule is COc1ccc2c(c1)CCc1cc(F)c(F)cc1C2CC(C)CN. The predicted molar refractivity (Wildman–Crippen MR) is 91.4 cm³/mol. The largest absolute Gasteiger partial charge is 0.497 e. The minimum atomic E-state index is -0.781. The second-order valence-corrected chi connectivity index (χ2v) is 6.66. The summed E-state index contributed by atoms with van der Waals surface area (Å²) in [7, 11) is 1.64. The Bertz CT molecular complexity index is 745. The van der Waals surface area contributed by atoms with Crippen molar-refractivity contribution in [1.29, 1.82) is 0 Å². The zero-order valence-corrected chi connectivity index (χ0v) is 14.1. The van der Waals surface area contributed by atoms with Crippen molar-refractivity contribution in [3.05, 3.63) is 64.2 Å². The van der Waals surface area contributed by atoms with Gasteiger partial charge in [-0.2, -0.15) is 0 Å². The fourth-order valence-electron chi connectivity index (χ4n) is 3.60. The van der Waals surface area contributed by atoms with Crippen molar-refractivity contribution in [3.8, 4) is 5.75 Å². The van der Waals surface area contributed by atoms with Crippen molar-refractivity contribution < 1.29 is 13.5 Å². The highest BCUT2D eigenvalue weighted by Crippen LogP contribution is 2.40. The highest BCUT2D eigenvalue weighted by Gasteiger charge is 2.27. The Balaban J connectivity index is 2.14. The van der Waals surface area contributed by atoms with E-state index in [1.54, 1.807) is 7.11 Å². The molecule has 0 spiro atoms. The van der Waals surface area contributed by atoms with Gasteiger partial charge in [0.05, 0.1) is 7.11 Å². The van der Waals surface area contributed by atoms with Crippen molar-refractivity contribution >= 4 is 0 Å². The molecule has 1 aliphatic rings. The fourth-order valence-corrected chi connectivity index (χ4v) is 3.60. The molecular formula is C20H23F2NO. The van der Waals surface area contributed by atoms with Crippen LogP contribution in [0.2, 0.25) is 0 Å². The van der Waals surface area contributed by atoms with Gasteiger partial charge in [-0.05, 0) is 78.2 Å². The predicted octanol–water partition coefficient (Wildman–Crippen LogP) is 4.19. The van der Waals surface area contributed by atoms with Crippen LogP contribution in [-0.4, -0.2) is 13.7 Å². The first-order chi connectivity index (χ1) is 11.5. The summed E-state index contributed by atoms with van der Waals surface area (Å²) in [5.74, 6) is -0.428. The lowest BCUT2D eigenvalue weighted by atomic mass is 9.82. The maximum atomic E-state index is 13.9. The molecule has 0 aromatic heterocycles. The molecule has 0 saturated carbocycles. The molecule has 0 fully saturated rings. The fraction of sp³-hybridized carbons (Fsp3) is 0.400. The monoisotopic (exact) mass is 331 g/mol. The number of benzene rings is 2. The summed E-state index contributed by atoms with van der Waals surface area (Å²) in [6, 6.07) is 8.75. The van der Waals surface area contributed by atoms with Crippen molar-refractivity contribution in [2.75, 3.05) is 13.7 Å². The smallest absolute Gasteiger partial charge is 0.159 e. The zero-order valence-electron chi connectivity index (χ0n) is 14.1. The number of halogens is 2. The van der Waals surface area contributed by atoms with Crippen LogP contribution >= 0.6 is 0 Å². The molecule has 128 valence electrons. The summed E-state index contributed by atoms with van der Waals surface area (Å²) in [6.45, 7) is 2.66. The molecule has 0 saturated heterocycles. The Morgan fingerprint density at radius 2 is 1.75 bits per heavy atom. The maximum absolute atomic E-state index is 13.9. The number of nitrogens with two attached hydrogens (primary N) is 1. The molecule has 0 radical (unpaired) electrons. The first-order valence-corrected chi connectivity index (χ1v) is 8.38. The number of hydrogen-bond acceptors (Lipinski definition) is 2. The summed E-state index contributed by atoms with van der Waals surface area (Å²) in [5.41, 5.74) is 9.94. The molecule has 2 aromatic carbocycles. The summed E-state index contributed by atoms with van der Waals surface area (Å²) in [4.78, 5) is 0. The normalized spacial score (nSPS) is 17.6. The topological polar surface area (TPSA) is 35.2 Å². The molecule has 0 heterocycles.